The zero-order valence-corrected chi connectivity index (χ0v) is 15.4. The van der Waals surface area contributed by atoms with Crippen LogP contribution in [0.3, 0.4) is 0 Å². The van der Waals surface area contributed by atoms with E-state index in [1.807, 2.05) is 0 Å². The van der Waals surface area contributed by atoms with Crippen LogP contribution in [-0.4, -0.2) is 44.7 Å². The van der Waals surface area contributed by atoms with Crippen LogP contribution < -0.4 is 5.32 Å². The van der Waals surface area contributed by atoms with Gasteiger partial charge in [-0.2, -0.15) is 0 Å². The van der Waals surface area contributed by atoms with Gasteiger partial charge in [-0.15, -0.1) is 0 Å². The average Bonchev–Trinajstić information content (AvgIpc) is 2.90. The van der Waals surface area contributed by atoms with Gasteiger partial charge in [-0.05, 0) is 53.7 Å². The first-order valence-corrected chi connectivity index (χ1v) is 8.93. The molecule has 148 valence electrons. The second-order valence-electron chi connectivity index (χ2n) is 5.91. The van der Waals surface area contributed by atoms with Crippen molar-refractivity contribution in [3.05, 3.63) is 64.3 Å². The molecule has 3 rings (SSSR count). The van der Waals surface area contributed by atoms with Crippen molar-refractivity contribution in [1.29, 1.82) is 0 Å². The number of hydrogen-bond acceptors (Lipinski definition) is 6. The number of rotatable bonds is 5. The maximum Gasteiger partial charge on any atom is 0.337 e. The fraction of sp³-hybridized carbons (Fsp3) is 0.0526. The fourth-order valence-corrected chi connectivity index (χ4v) is 3.37. The van der Waals surface area contributed by atoms with Crippen LogP contribution in [0.5, 0.6) is 5.75 Å². The number of anilines is 1. The molecule has 0 bridgehead atoms. The monoisotopic (exact) mass is 416 g/mol. The van der Waals surface area contributed by atoms with Crippen molar-refractivity contribution < 1.29 is 33.8 Å². The highest BCUT2D eigenvalue weighted by Gasteiger charge is 2.36. The highest BCUT2D eigenvalue weighted by molar-refractivity contribution is 8.18. The van der Waals surface area contributed by atoms with Crippen molar-refractivity contribution in [3.63, 3.8) is 0 Å². The Balaban J connectivity index is 1.74. The Kier molecular flexibility index (Phi) is 5.64. The molecule has 29 heavy (non-hydrogen) atoms. The summed E-state index contributed by atoms with van der Waals surface area (Å²) in [4.78, 5) is 48.7. The summed E-state index contributed by atoms with van der Waals surface area (Å²) in [5, 5.41) is 20.1. The zero-order valence-electron chi connectivity index (χ0n) is 14.6. The number of thioether (sulfide) groups is 1. The molecular weight excluding hydrogens is 403 g/mol. The van der Waals surface area contributed by atoms with Crippen LogP contribution in [-0.2, 0) is 9.59 Å². The van der Waals surface area contributed by atoms with Crippen molar-refractivity contribution >= 4 is 46.5 Å². The number of phenolic OH excluding ortho intramolecular Hbond substituents is 1. The Morgan fingerprint density at radius 1 is 1.17 bits per heavy atom. The number of benzene rings is 2. The van der Waals surface area contributed by atoms with Gasteiger partial charge in [0.05, 0.1) is 16.2 Å². The van der Waals surface area contributed by atoms with Crippen LogP contribution in [0, 0.1) is 5.82 Å². The number of carbonyl (C=O) groups is 4. The number of nitrogens with zero attached hydrogens (tertiary/aromatic N) is 1. The van der Waals surface area contributed by atoms with Crippen molar-refractivity contribution in [3.8, 4) is 5.75 Å². The van der Waals surface area contributed by atoms with Crippen LogP contribution >= 0.6 is 11.8 Å². The summed E-state index contributed by atoms with van der Waals surface area (Å²) in [7, 11) is 0. The van der Waals surface area contributed by atoms with E-state index in [-0.39, 0.29) is 21.9 Å². The van der Waals surface area contributed by atoms with E-state index in [0.717, 1.165) is 6.07 Å². The van der Waals surface area contributed by atoms with Gasteiger partial charge in [0.1, 0.15) is 18.1 Å². The first-order chi connectivity index (χ1) is 13.7. The lowest BCUT2D eigenvalue weighted by molar-refractivity contribution is -0.127. The average molecular weight is 416 g/mol. The zero-order chi connectivity index (χ0) is 21.1. The third-order valence-corrected chi connectivity index (χ3v) is 4.74. The predicted molar refractivity (Wildman–Crippen MR) is 103 cm³/mol. The van der Waals surface area contributed by atoms with Gasteiger partial charge in [0.2, 0.25) is 5.91 Å². The maximum absolute atomic E-state index is 13.3. The molecule has 1 heterocycles. The Morgan fingerprint density at radius 3 is 2.62 bits per heavy atom. The van der Waals surface area contributed by atoms with Crippen LogP contribution in [0.15, 0.2) is 47.4 Å². The molecule has 0 aromatic heterocycles. The van der Waals surface area contributed by atoms with Gasteiger partial charge in [0, 0.05) is 0 Å². The molecule has 10 heteroatoms. The van der Waals surface area contributed by atoms with E-state index in [0.29, 0.717) is 22.2 Å². The Morgan fingerprint density at radius 2 is 1.93 bits per heavy atom. The molecule has 1 aliphatic heterocycles. The minimum atomic E-state index is -1.37. The summed E-state index contributed by atoms with van der Waals surface area (Å²) >= 11 is 0.610. The molecule has 8 nitrogen and oxygen atoms in total. The standard InChI is InChI=1S/C19H13FN2O6S/c20-11-3-1-2-10(6-11)7-15-17(25)22(19(28)29-15)9-16(24)21-14-5-4-12(23)8-13(14)18(26)27/h1-8,23H,9H2,(H,21,24)(H,26,27). The number of hydrogen-bond donors (Lipinski definition) is 3. The summed E-state index contributed by atoms with van der Waals surface area (Å²) in [5.74, 6) is -3.69. The minimum Gasteiger partial charge on any atom is -0.508 e. The molecule has 0 saturated carbocycles. The SMILES string of the molecule is O=C(CN1C(=O)SC(=Cc2cccc(F)c2)C1=O)Nc1ccc(O)cc1C(=O)O. The summed E-state index contributed by atoms with van der Waals surface area (Å²) in [6.07, 6.45) is 1.34. The molecule has 0 aliphatic carbocycles. The van der Waals surface area contributed by atoms with E-state index in [4.69, 9.17) is 5.11 Å². The quantitative estimate of drug-likeness (QED) is 0.506. The third kappa shape index (κ3) is 4.61. The van der Waals surface area contributed by atoms with E-state index >= 15 is 0 Å². The van der Waals surface area contributed by atoms with Gasteiger partial charge >= 0.3 is 5.97 Å². The number of phenols is 1. The maximum atomic E-state index is 13.3. The molecule has 0 unspecified atom stereocenters. The van der Waals surface area contributed by atoms with Gasteiger partial charge in [0.15, 0.2) is 0 Å². The predicted octanol–water partition coefficient (Wildman–Crippen LogP) is 2.90. The number of amides is 3. The van der Waals surface area contributed by atoms with E-state index in [9.17, 15) is 28.7 Å². The Labute approximate surface area is 167 Å². The molecule has 0 spiro atoms. The van der Waals surface area contributed by atoms with E-state index in [1.54, 1.807) is 6.07 Å². The topological polar surface area (TPSA) is 124 Å². The lowest BCUT2D eigenvalue weighted by Gasteiger charge is -2.13. The van der Waals surface area contributed by atoms with Gasteiger partial charge in [-0.3, -0.25) is 19.3 Å². The lowest BCUT2D eigenvalue weighted by atomic mass is 10.1. The number of carboxylic acids is 1. The number of aromatic carboxylic acids is 1. The number of imide groups is 1. The molecule has 3 amide bonds. The molecular formula is C19H13FN2O6S. The minimum absolute atomic E-state index is 0.0317. The van der Waals surface area contributed by atoms with Crippen molar-refractivity contribution in [2.45, 2.75) is 0 Å². The molecule has 1 saturated heterocycles. The van der Waals surface area contributed by atoms with Gasteiger partial charge in [0.25, 0.3) is 11.1 Å². The van der Waals surface area contributed by atoms with E-state index < -0.39 is 35.4 Å². The third-order valence-electron chi connectivity index (χ3n) is 3.83. The van der Waals surface area contributed by atoms with E-state index in [1.165, 1.54) is 36.4 Å². The second-order valence-corrected chi connectivity index (χ2v) is 6.90. The van der Waals surface area contributed by atoms with Crippen molar-refractivity contribution in [2.24, 2.45) is 0 Å². The fourth-order valence-electron chi connectivity index (χ4n) is 2.54. The molecule has 0 atom stereocenters. The Hall–Kier alpha value is -3.66. The van der Waals surface area contributed by atoms with E-state index in [2.05, 4.69) is 5.32 Å². The largest absolute Gasteiger partial charge is 0.508 e. The lowest BCUT2D eigenvalue weighted by Crippen LogP contribution is -2.36. The molecule has 0 radical (unpaired) electrons. The smallest absolute Gasteiger partial charge is 0.337 e. The molecule has 1 fully saturated rings. The second kappa shape index (κ2) is 8.15. The summed E-state index contributed by atoms with van der Waals surface area (Å²) < 4.78 is 13.3. The summed E-state index contributed by atoms with van der Waals surface area (Å²) in [6, 6.07) is 8.78. The number of carbonyl (C=O) groups excluding carboxylic acids is 3. The van der Waals surface area contributed by atoms with Crippen molar-refractivity contribution in [1.82, 2.24) is 4.90 Å². The van der Waals surface area contributed by atoms with Crippen LogP contribution in [0.1, 0.15) is 15.9 Å². The van der Waals surface area contributed by atoms with Gasteiger partial charge < -0.3 is 15.5 Å². The molecule has 2 aromatic carbocycles. The summed E-state index contributed by atoms with van der Waals surface area (Å²) in [5.41, 5.74) is -0.0591. The normalized spacial score (nSPS) is 15.1. The highest BCUT2D eigenvalue weighted by atomic mass is 32.2. The number of aromatic hydroxyl groups is 1. The molecule has 3 N–H and O–H groups in total. The van der Waals surface area contributed by atoms with Crippen LogP contribution in [0.2, 0.25) is 0 Å². The first kappa shape index (κ1) is 20.1. The Bertz CT molecular complexity index is 1070. The van der Waals surface area contributed by atoms with Crippen LogP contribution in [0.25, 0.3) is 6.08 Å². The van der Waals surface area contributed by atoms with Crippen molar-refractivity contribution in [2.75, 3.05) is 11.9 Å². The summed E-state index contributed by atoms with van der Waals surface area (Å²) in [6.45, 7) is -0.634. The first-order valence-electron chi connectivity index (χ1n) is 8.11. The van der Waals surface area contributed by atoms with Gasteiger partial charge in [-0.1, -0.05) is 12.1 Å². The number of halogens is 1. The number of carboxylic acid groups (broad SMARTS) is 1. The molecule has 2 aromatic rings. The number of nitrogens with one attached hydrogen (secondary N) is 1. The van der Waals surface area contributed by atoms with Crippen LogP contribution in [0.4, 0.5) is 14.9 Å². The molecule has 1 aliphatic rings. The van der Waals surface area contributed by atoms with Gasteiger partial charge in [-0.25, -0.2) is 9.18 Å². The highest BCUT2D eigenvalue weighted by Crippen LogP contribution is 2.32.